The van der Waals surface area contributed by atoms with Gasteiger partial charge < -0.3 is 24.8 Å². The summed E-state index contributed by atoms with van der Waals surface area (Å²) >= 11 is 6.16. The third-order valence-corrected chi connectivity index (χ3v) is 8.21. The number of aliphatic hydroxyl groups excluding tert-OH is 1. The Hall–Kier alpha value is -2.73. The van der Waals surface area contributed by atoms with Crippen LogP contribution in [0.4, 0.5) is 0 Å². The fraction of sp³-hybridized carbons (Fsp3) is 0.538. The number of ether oxygens (including phenoxy) is 2. The standard InChI is InChI=1S/C37H53ClN2O3.C2H6/c1-5-6-26-40(28-11-13-30-12-10-14-33(21-16-30)39-37(41)29(2)3)27-9-7-8-15-36(31-17-19-32(38)20-18-31)43-35-24-22-34(42-4)23-25-35;1-2/h10,12,14,17-25,29,36-37,39,41H,5-9,11,13,15-16,26-28H2,1-4H3;1-2H3. The Labute approximate surface area is 279 Å². The topological polar surface area (TPSA) is 54.0 Å². The Morgan fingerprint density at radius 3 is 2.22 bits per heavy atom. The molecule has 0 saturated heterocycles. The molecule has 0 spiro atoms. The van der Waals surface area contributed by atoms with Gasteiger partial charge in [0.15, 0.2) is 0 Å². The molecule has 0 saturated carbocycles. The zero-order valence-corrected chi connectivity index (χ0v) is 29.5. The Bertz CT molecular complexity index is 1140. The zero-order valence-electron chi connectivity index (χ0n) is 28.7. The van der Waals surface area contributed by atoms with Gasteiger partial charge in [0.1, 0.15) is 23.8 Å². The second-order valence-corrected chi connectivity index (χ2v) is 12.3. The molecule has 6 heteroatoms. The number of hydrogen-bond donors (Lipinski definition) is 2. The third kappa shape index (κ3) is 15.4. The molecule has 2 unspecified atom stereocenters. The van der Waals surface area contributed by atoms with Crippen molar-refractivity contribution in [3.05, 3.63) is 94.7 Å². The highest BCUT2D eigenvalue weighted by Crippen LogP contribution is 2.29. The Morgan fingerprint density at radius 2 is 1.56 bits per heavy atom. The van der Waals surface area contributed by atoms with Gasteiger partial charge in [-0.25, -0.2) is 0 Å². The van der Waals surface area contributed by atoms with Crippen LogP contribution in [0.25, 0.3) is 0 Å². The lowest BCUT2D eigenvalue weighted by Gasteiger charge is -2.23. The van der Waals surface area contributed by atoms with Crippen LogP contribution in [0.5, 0.6) is 11.5 Å². The van der Waals surface area contributed by atoms with E-state index in [1.54, 1.807) is 7.11 Å². The first-order valence-corrected chi connectivity index (χ1v) is 17.5. The second kappa shape index (κ2) is 22.7. The van der Waals surface area contributed by atoms with E-state index < -0.39 is 6.23 Å². The Kier molecular flexibility index (Phi) is 19.4. The van der Waals surface area contributed by atoms with Crippen LogP contribution >= 0.6 is 11.6 Å². The number of rotatable bonds is 20. The van der Waals surface area contributed by atoms with Crippen LogP contribution in [0, 0.1) is 5.92 Å². The first-order valence-electron chi connectivity index (χ1n) is 17.2. The molecule has 250 valence electrons. The lowest BCUT2D eigenvalue weighted by molar-refractivity contribution is 0.102. The molecule has 0 fully saturated rings. The third-order valence-electron chi connectivity index (χ3n) is 7.96. The van der Waals surface area contributed by atoms with Gasteiger partial charge >= 0.3 is 0 Å². The molecular formula is C39H59ClN2O3. The first kappa shape index (κ1) is 38.5. The van der Waals surface area contributed by atoms with E-state index in [2.05, 4.69) is 53.6 Å². The molecule has 5 nitrogen and oxygen atoms in total. The van der Waals surface area contributed by atoms with Gasteiger partial charge in [0, 0.05) is 10.7 Å². The van der Waals surface area contributed by atoms with E-state index in [0.717, 1.165) is 66.6 Å². The van der Waals surface area contributed by atoms with Gasteiger partial charge in [-0.1, -0.05) is 95.0 Å². The smallest absolute Gasteiger partial charge is 0.126 e. The molecule has 2 aromatic carbocycles. The number of nitrogens with one attached hydrogen (secondary N) is 1. The van der Waals surface area contributed by atoms with Crippen LogP contribution in [0.15, 0.2) is 84.1 Å². The van der Waals surface area contributed by atoms with Crippen LogP contribution < -0.4 is 14.8 Å². The lowest BCUT2D eigenvalue weighted by Crippen LogP contribution is -2.32. The number of aliphatic hydroxyl groups is 1. The van der Waals surface area contributed by atoms with Crippen molar-refractivity contribution < 1.29 is 14.6 Å². The van der Waals surface area contributed by atoms with E-state index in [1.165, 1.54) is 44.2 Å². The van der Waals surface area contributed by atoms with Gasteiger partial charge in [-0.2, -0.15) is 0 Å². The zero-order chi connectivity index (χ0) is 32.9. The van der Waals surface area contributed by atoms with Crippen LogP contribution in [0.1, 0.15) is 104 Å². The van der Waals surface area contributed by atoms with Crippen LogP contribution in [0.2, 0.25) is 5.02 Å². The summed E-state index contributed by atoms with van der Waals surface area (Å²) in [6.07, 6.45) is 18.2. The van der Waals surface area contributed by atoms with Crippen molar-refractivity contribution in [1.82, 2.24) is 10.2 Å². The molecule has 2 aromatic rings. The summed E-state index contributed by atoms with van der Waals surface area (Å²) in [4.78, 5) is 2.66. The van der Waals surface area contributed by atoms with Crippen molar-refractivity contribution in [3.63, 3.8) is 0 Å². The number of unbranched alkanes of at least 4 members (excludes halogenated alkanes) is 3. The minimum absolute atomic E-state index is 0.0119. The predicted molar refractivity (Wildman–Crippen MR) is 192 cm³/mol. The SMILES string of the molecule is CC.CCCCN(CCCCCC(Oc1ccc(OC)cc1)c1ccc(Cl)cc1)CCCC1=CC=CC(NC(O)C(C)C)=CC1. The van der Waals surface area contributed by atoms with E-state index in [0.29, 0.717) is 0 Å². The van der Waals surface area contributed by atoms with Crippen LogP contribution in [-0.4, -0.2) is 43.0 Å². The number of halogens is 1. The molecule has 0 amide bonds. The van der Waals surface area contributed by atoms with Gasteiger partial charge in [0.25, 0.3) is 0 Å². The highest BCUT2D eigenvalue weighted by atomic mass is 35.5. The summed E-state index contributed by atoms with van der Waals surface area (Å²) in [6, 6.07) is 15.8. The van der Waals surface area contributed by atoms with E-state index in [9.17, 15) is 5.11 Å². The molecule has 0 aliphatic heterocycles. The van der Waals surface area contributed by atoms with E-state index in [-0.39, 0.29) is 12.0 Å². The van der Waals surface area contributed by atoms with E-state index in [4.69, 9.17) is 21.1 Å². The minimum Gasteiger partial charge on any atom is -0.497 e. The van der Waals surface area contributed by atoms with Crippen LogP contribution in [0.3, 0.4) is 0 Å². The molecule has 1 aliphatic carbocycles. The number of hydrogen-bond acceptors (Lipinski definition) is 5. The maximum atomic E-state index is 10.2. The molecule has 3 rings (SSSR count). The van der Waals surface area contributed by atoms with Gasteiger partial charge in [0.2, 0.25) is 0 Å². The summed E-state index contributed by atoms with van der Waals surface area (Å²) in [5.41, 5.74) is 3.61. The van der Waals surface area contributed by atoms with Crippen LogP contribution in [-0.2, 0) is 0 Å². The number of methoxy groups -OCH3 is 1. The van der Waals surface area contributed by atoms with Gasteiger partial charge in [-0.15, -0.1) is 0 Å². The summed E-state index contributed by atoms with van der Waals surface area (Å²) in [6.45, 7) is 13.8. The fourth-order valence-electron chi connectivity index (χ4n) is 5.17. The molecule has 0 aromatic heterocycles. The molecule has 1 aliphatic rings. The van der Waals surface area contributed by atoms with Gasteiger partial charge in [-0.05, 0) is 119 Å². The quantitative estimate of drug-likeness (QED) is 0.112. The minimum atomic E-state index is -0.520. The monoisotopic (exact) mass is 638 g/mol. The summed E-state index contributed by atoms with van der Waals surface area (Å²) < 4.78 is 11.7. The number of allylic oxidation sites excluding steroid dienone is 5. The van der Waals surface area contributed by atoms with E-state index in [1.807, 2.05) is 64.1 Å². The molecule has 0 bridgehead atoms. The molecule has 0 radical (unpaired) electrons. The number of nitrogens with zero attached hydrogens (tertiary/aromatic N) is 1. The van der Waals surface area contributed by atoms with Crippen molar-refractivity contribution in [2.24, 2.45) is 5.92 Å². The van der Waals surface area contributed by atoms with Crippen molar-refractivity contribution >= 4 is 11.6 Å². The average molecular weight is 639 g/mol. The average Bonchev–Trinajstić information content (AvgIpc) is 3.29. The fourth-order valence-corrected chi connectivity index (χ4v) is 5.30. The first-order chi connectivity index (χ1) is 21.9. The van der Waals surface area contributed by atoms with Gasteiger partial charge in [-0.3, -0.25) is 0 Å². The van der Waals surface area contributed by atoms with Crippen molar-refractivity contribution in [2.75, 3.05) is 26.7 Å². The van der Waals surface area contributed by atoms with Gasteiger partial charge in [0.05, 0.1) is 7.11 Å². The van der Waals surface area contributed by atoms with Crippen molar-refractivity contribution in [2.45, 2.75) is 105 Å². The van der Waals surface area contributed by atoms with Crippen molar-refractivity contribution in [1.29, 1.82) is 0 Å². The molecule has 0 heterocycles. The highest BCUT2D eigenvalue weighted by molar-refractivity contribution is 6.30. The molecule has 2 N–H and O–H groups in total. The normalized spacial score (nSPS) is 14.2. The maximum Gasteiger partial charge on any atom is 0.126 e. The predicted octanol–water partition coefficient (Wildman–Crippen LogP) is 10.3. The Morgan fingerprint density at radius 1 is 0.889 bits per heavy atom. The lowest BCUT2D eigenvalue weighted by atomic mass is 10.0. The maximum absolute atomic E-state index is 10.2. The largest absolute Gasteiger partial charge is 0.497 e. The Balaban J connectivity index is 0.00000345. The molecule has 45 heavy (non-hydrogen) atoms. The second-order valence-electron chi connectivity index (χ2n) is 11.9. The number of benzene rings is 2. The summed E-state index contributed by atoms with van der Waals surface area (Å²) in [5.74, 6) is 1.85. The van der Waals surface area contributed by atoms with Crippen molar-refractivity contribution in [3.8, 4) is 11.5 Å². The highest BCUT2D eigenvalue weighted by Gasteiger charge is 2.15. The molecule has 2 atom stereocenters. The summed E-state index contributed by atoms with van der Waals surface area (Å²) in [5, 5.41) is 14.1. The van der Waals surface area contributed by atoms with E-state index >= 15 is 0 Å². The summed E-state index contributed by atoms with van der Waals surface area (Å²) in [7, 11) is 1.68. The molecular weight excluding hydrogens is 580 g/mol.